The van der Waals surface area contributed by atoms with Gasteiger partial charge >= 0.3 is 6.18 Å². The SMILES string of the molecule is C=C(Nc1cc(NC(=O)c2cc(N3CCCC3)cc(C(F)(F)F)c2)ccc1C)c1csc2c(N)ncnc12. The van der Waals surface area contributed by atoms with E-state index in [4.69, 9.17) is 5.73 Å². The molecule has 1 fully saturated rings. The highest BCUT2D eigenvalue weighted by Gasteiger charge is 2.32. The van der Waals surface area contributed by atoms with Crippen molar-refractivity contribution in [3.63, 3.8) is 0 Å². The number of amides is 1. The number of aryl methyl sites for hydroxylation is 1. The van der Waals surface area contributed by atoms with E-state index in [1.165, 1.54) is 23.7 Å². The van der Waals surface area contributed by atoms with E-state index in [0.29, 0.717) is 47.2 Å². The molecule has 11 heteroatoms. The number of anilines is 4. The summed E-state index contributed by atoms with van der Waals surface area (Å²) in [5.41, 5.74) is 9.46. The number of nitrogens with one attached hydrogen (secondary N) is 2. The van der Waals surface area contributed by atoms with Crippen LogP contribution in [-0.4, -0.2) is 29.0 Å². The zero-order valence-corrected chi connectivity index (χ0v) is 21.3. The summed E-state index contributed by atoms with van der Waals surface area (Å²) < 4.78 is 41.6. The van der Waals surface area contributed by atoms with Gasteiger partial charge in [-0.3, -0.25) is 4.79 Å². The fourth-order valence-electron chi connectivity index (χ4n) is 4.41. The molecule has 0 unspecified atom stereocenters. The van der Waals surface area contributed by atoms with Crippen molar-refractivity contribution in [3.05, 3.63) is 76.9 Å². The standard InChI is InChI=1S/C27H25F3N6OS/c1-15-5-6-19(12-22(15)34-16(2)21-13-38-24-23(21)32-14-33-25(24)31)35-26(37)17-9-18(27(28,29)30)11-20(10-17)36-7-3-4-8-36/h5-6,9-14,34H,2-4,7-8H2,1H3,(H,35,37)(H2,31,32,33). The largest absolute Gasteiger partial charge is 0.416 e. The van der Waals surface area contributed by atoms with Crippen LogP contribution in [0.2, 0.25) is 0 Å². The molecule has 5 rings (SSSR count). The third-order valence-electron chi connectivity index (χ3n) is 6.47. The van der Waals surface area contributed by atoms with Crippen LogP contribution in [0.25, 0.3) is 15.9 Å². The molecule has 1 aliphatic rings. The van der Waals surface area contributed by atoms with Gasteiger partial charge in [0.25, 0.3) is 5.91 Å². The lowest BCUT2D eigenvalue weighted by atomic mass is 10.1. The van der Waals surface area contributed by atoms with Crippen LogP contribution < -0.4 is 21.3 Å². The Morgan fingerprint density at radius 3 is 2.61 bits per heavy atom. The summed E-state index contributed by atoms with van der Waals surface area (Å²) in [5.74, 6) is -0.233. The molecular weight excluding hydrogens is 513 g/mol. The lowest BCUT2D eigenvalue weighted by Gasteiger charge is -2.20. The molecule has 4 aromatic rings. The molecule has 2 aromatic carbocycles. The second kappa shape index (κ2) is 9.97. The number of benzene rings is 2. The molecule has 7 nitrogen and oxygen atoms in total. The summed E-state index contributed by atoms with van der Waals surface area (Å²) in [6.45, 7) is 7.35. The number of aromatic nitrogens is 2. The summed E-state index contributed by atoms with van der Waals surface area (Å²) in [4.78, 5) is 23.3. The number of alkyl halides is 3. The molecule has 0 saturated carbocycles. The molecule has 0 aliphatic carbocycles. The number of carbonyl (C=O) groups is 1. The van der Waals surface area contributed by atoms with E-state index < -0.39 is 17.6 Å². The summed E-state index contributed by atoms with van der Waals surface area (Å²) in [7, 11) is 0. The first-order chi connectivity index (χ1) is 18.1. The molecule has 4 N–H and O–H groups in total. The number of rotatable bonds is 6. The van der Waals surface area contributed by atoms with E-state index in [-0.39, 0.29) is 5.56 Å². The van der Waals surface area contributed by atoms with Crippen LogP contribution in [0, 0.1) is 6.92 Å². The minimum Gasteiger partial charge on any atom is -0.382 e. The average Bonchev–Trinajstić information content (AvgIpc) is 3.56. The van der Waals surface area contributed by atoms with Gasteiger partial charge in [0.15, 0.2) is 0 Å². The first-order valence-electron chi connectivity index (χ1n) is 11.9. The number of fused-ring (bicyclic) bond motifs is 1. The number of hydrogen-bond acceptors (Lipinski definition) is 7. The molecule has 38 heavy (non-hydrogen) atoms. The van der Waals surface area contributed by atoms with Gasteiger partial charge in [0.1, 0.15) is 12.1 Å². The number of carbonyl (C=O) groups excluding carboxylic acids is 1. The highest BCUT2D eigenvalue weighted by Crippen LogP contribution is 2.35. The Kier molecular flexibility index (Phi) is 6.70. The van der Waals surface area contributed by atoms with Crippen molar-refractivity contribution in [1.82, 2.24) is 9.97 Å². The van der Waals surface area contributed by atoms with Gasteiger partial charge < -0.3 is 21.3 Å². The fraction of sp³-hybridized carbons (Fsp3) is 0.222. The van der Waals surface area contributed by atoms with Crippen LogP contribution in [0.1, 0.15) is 39.9 Å². The van der Waals surface area contributed by atoms with Gasteiger partial charge in [-0.1, -0.05) is 12.6 Å². The highest BCUT2D eigenvalue weighted by atomic mass is 32.1. The first-order valence-corrected chi connectivity index (χ1v) is 12.8. The van der Waals surface area contributed by atoms with Crippen molar-refractivity contribution < 1.29 is 18.0 Å². The minimum absolute atomic E-state index is 0.0526. The smallest absolute Gasteiger partial charge is 0.382 e. The lowest BCUT2D eigenvalue weighted by Crippen LogP contribution is -2.21. The van der Waals surface area contributed by atoms with Crippen molar-refractivity contribution in [2.75, 3.05) is 34.4 Å². The van der Waals surface area contributed by atoms with Crippen LogP contribution in [0.4, 0.5) is 36.1 Å². The summed E-state index contributed by atoms with van der Waals surface area (Å²) in [6, 6.07) is 8.72. The Balaban J connectivity index is 1.39. The van der Waals surface area contributed by atoms with Gasteiger partial charge in [-0.2, -0.15) is 13.2 Å². The third kappa shape index (κ3) is 5.14. The van der Waals surface area contributed by atoms with Crippen LogP contribution in [0.3, 0.4) is 0 Å². The van der Waals surface area contributed by atoms with Gasteiger partial charge in [0.2, 0.25) is 0 Å². The van der Waals surface area contributed by atoms with E-state index in [9.17, 15) is 18.0 Å². The zero-order valence-electron chi connectivity index (χ0n) is 20.5. The average molecular weight is 539 g/mol. The fourth-order valence-corrected chi connectivity index (χ4v) is 5.35. The lowest BCUT2D eigenvalue weighted by molar-refractivity contribution is -0.137. The predicted octanol–water partition coefficient (Wildman–Crippen LogP) is 6.54. The minimum atomic E-state index is -4.56. The predicted molar refractivity (Wildman–Crippen MR) is 147 cm³/mol. The maximum absolute atomic E-state index is 13.6. The molecule has 1 saturated heterocycles. The molecule has 1 amide bonds. The Labute approximate surface area is 221 Å². The van der Waals surface area contributed by atoms with E-state index in [0.717, 1.165) is 40.8 Å². The molecule has 3 heterocycles. The number of nitrogen functional groups attached to an aromatic ring is 1. The van der Waals surface area contributed by atoms with Gasteiger partial charge in [-0.05, 0) is 55.7 Å². The number of halogens is 3. The third-order valence-corrected chi connectivity index (χ3v) is 7.46. The monoisotopic (exact) mass is 538 g/mol. The molecule has 1 aliphatic heterocycles. The zero-order chi connectivity index (χ0) is 27.0. The quantitative estimate of drug-likeness (QED) is 0.258. The van der Waals surface area contributed by atoms with Crippen molar-refractivity contribution in [1.29, 1.82) is 0 Å². The van der Waals surface area contributed by atoms with Crippen LogP contribution in [0.5, 0.6) is 0 Å². The van der Waals surface area contributed by atoms with E-state index in [2.05, 4.69) is 27.2 Å². The second-order valence-corrected chi connectivity index (χ2v) is 10.0. The summed E-state index contributed by atoms with van der Waals surface area (Å²) in [5, 5.41) is 7.88. The maximum atomic E-state index is 13.6. The molecule has 0 atom stereocenters. The van der Waals surface area contributed by atoms with Crippen molar-refractivity contribution in [2.45, 2.75) is 25.9 Å². The van der Waals surface area contributed by atoms with Crippen molar-refractivity contribution in [2.24, 2.45) is 0 Å². The Morgan fingerprint density at radius 2 is 1.87 bits per heavy atom. The number of thiophene rings is 1. The van der Waals surface area contributed by atoms with Gasteiger partial charge in [0.05, 0.1) is 15.8 Å². The number of nitrogens with two attached hydrogens (primary N) is 1. The van der Waals surface area contributed by atoms with Crippen molar-refractivity contribution >= 4 is 56.0 Å². The van der Waals surface area contributed by atoms with Gasteiger partial charge in [0, 0.05) is 52.4 Å². The Bertz CT molecular complexity index is 1540. The molecule has 2 aromatic heterocycles. The Morgan fingerprint density at radius 1 is 1.11 bits per heavy atom. The Hall–Kier alpha value is -4.12. The number of nitrogens with zero attached hydrogens (tertiary/aromatic N) is 3. The topological polar surface area (TPSA) is 96.2 Å². The highest BCUT2D eigenvalue weighted by molar-refractivity contribution is 7.18. The van der Waals surface area contributed by atoms with Crippen molar-refractivity contribution in [3.8, 4) is 0 Å². The van der Waals surface area contributed by atoms with E-state index in [1.54, 1.807) is 18.2 Å². The van der Waals surface area contributed by atoms with Crippen LogP contribution in [-0.2, 0) is 6.18 Å². The van der Waals surface area contributed by atoms with Crippen LogP contribution >= 0.6 is 11.3 Å². The summed E-state index contributed by atoms with van der Waals surface area (Å²) in [6.07, 6.45) is -1.35. The molecule has 0 radical (unpaired) electrons. The maximum Gasteiger partial charge on any atom is 0.416 e. The number of hydrogen-bond donors (Lipinski definition) is 3. The van der Waals surface area contributed by atoms with E-state index in [1.807, 2.05) is 17.2 Å². The van der Waals surface area contributed by atoms with Gasteiger partial charge in [-0.25, -0.2) is 9.97 Å². The molecule has 0 spiro atoms. The van der Waals surface area contributed by atoms with E-state index >= 15 is 0 Å². The van der Waals surface area contributed by atoms with Crippen LogP contribution in [0.15, 0.2) is 54.7 Å². The second-order valence-electron chi connectivity index (χ2n) is 9.13. The molecule has 196 valence electrons. The normalized spacial score (nSPS) is 13.6. The summed E-state index contributed by atoms with van der Waals surface area (Å²) >= 11 is 1.41. The first kappa shape index (κ1) is 25.5. The van der Waals surface area contributed by atoms with Gasteiger partial charge in [-0.15, -0.1) is 11.3 Å². The molecule has 0 bridgehead atoms. The molecular formula is C27H25F3N6OS.